The normalized spacial score (nSPS) is 13.6. The van der Waals surface area contributed by atoms with Crippen LogP contribution in [-0.4, -0.2) is 46.2 Å². The molecule has 1 unspecified atom stereocenters. The number of aryl methyl sites for hydroxylation is 2. The quantitative estimate of drug-likeness (QED) is 0.746. The molecule has 0 aromatic heterocycles. The summed E-state index contributed by atoms with van der Waals surface area (Å²) in [6, 6.07) is 3.40. The predicted octanol–water partition coefficient (Wildman–Crippen LogP) is 1.85. The van der Waals surface area contributed by atoms with Gasteiger partial charge in [0.05, 0.1) is 16.7 Å². The first-order valence-electron chi connectivity index (χ1n) is 6.52. The highest BCUT2D eigenvalue weighted by atomic mass is 32.2. The summed E-state index contributed by atoms with van der Waals surface area (Å²) in [6.45, 7) is 5.05. The Balaban J connectivity index is 3.03. The molecule has 0 saturated heterocycles. The number of hydrogen-bond acceptors (Lipinski definition) is 4. The summed E-state index contributed by atoms with van der Waals surface area (Å²) in [5.41, 5.74) is 0.268. The fourth-order valence-corrected chi connectivity index (χ4v) is 2.82. The summed E-state index contributed by atoms with van der Waals surface area (Å²) in [5.74, 6) is -1.13. The molecule has 0 spiro atoms. The number of benzene rings is 1. The van der Waals surface area contributed by atoms with Crippen LogP contribution in [0.15, 0.2) is 12.1 Å². The largest absolute Gasteiger partial charge is 0.478 e. The number of amides is 1. The zero-order valence-electron chi connectivity index (χ0n) is 12.7. The Hall–Kier alpha value is -1.53. The molecule has 0 aliphatic rings. The van der Waals surface area contributed by atoms with Crippen molar-refractivity contribution in [3.8, 4) is 0 Å². The molecule has 1 aromatic carbocycles. The monoisotopic (exact) mass is 311 g/mol. The third-order valence-electron chi connectivity index (χ3n) is 3.15. The molecule has 3 N–H and O–H groups in total. The van der Waals surface area contributed by atoms with Gasteiger partial charge < -0.3 is 15.5 Å². The number of carboxylic acids is 1. The van der Waals surface area contributed by atoms with Crippen molar-refractivity contribution < 1.29 is 19.8 Å². The number of carbonyl (C=O) groups is 2. The summed E-state index contributed by atoms with van der Waals surface area (Å²) in [7, 11) is 0. The maximum absolute atomic E-state index is 12.3. The third kappa shape index (κ3) is 4.47. The summed E-state index contributed by atoms with van der Waals surface area (Å²) in [4.78, 5) is 23.7. The molecule has 5 nitrogen and oxygen atoms in total. The van der Waals surface area contributed by atoms with Gasteiger partial charge in [0.2, 0.25) is 0 Å². The van der Waals surface area contributed by atoms with Crippen LogP contribution in [-0.2, 0) is 0 Å². The molecule has 21 heavy (non-hydrogen) atoms. The van der Waals surface area contributed by atoms with Crippen molar-refractivity contribution in [3.63, 3.8) is 0 Å². The van der Waals surface area contributed by atoms with Gasteiger partial charge in [-0.1, -0.05) is 12.1 Å². The van der Waals surface area contributed by atoms with E-state index in [9.17, 15) is 19.8 Å². The second-order valence-electron chi connectivity index (χ2n) is 5.37. The van der Waals surface area contributed by atoms with E-state index in [0.29, 0.717) is 16.9 Å². The number of aliphatic hydroxyl groups is 1. The average Bonchev–Trinajstić information content (AvgIpc) is 2.38. The summed E-state index contributed by atoms with van der Waals surface area (Å²) in [5, 5.41) is 22.0. The van der Waals surface area contributed by atoms with Crippen molar-refractivity contribution in [3.05, 3.63) is 34.4 Å². The number of rotatable bonds is 6. The molecule has 0 fully saturated rings. The fraction of sp³-hybridized carbons (Fsp3) is 0.467. The van der Waals surface area contributed by atoms with Crippen molar-refractivity contribution in [1.29, 1.82) is 0 Å². The first-order chi connectivity index (χ1) is 9.69. The minimum atomic E-state index is -1.13. The Labute approximate surface area is 128 Å². The summed E-state index contributed by atoms with van der Waals surface area (Å²) < 4.78 is 0. The molecule has 1 amide bonds. The van der Waals surface area contributed by atoms with Crippen molar-refractivity contribution in [1.82, 2.24) is 5.32 Å². The lowest BCUT2D eigenvalue weighted by molar-refractivity contribution is 0.0681. The van der Waals surface area contributed by atoms with Crippen LogP contribution in [0, 0.1) is 13.8 Å². The Morgan fingerprint density at radius 3 is 2.24 bits per heavy atom. The molecular formula is C15H21NO4S. The van der Waals surface area contributed by atoms with E-state index < -0.39 is 17.5 Å². The van der Waals surface area contributed by atoms with Gasteiger partial charge in [0.15, 0.2) is 0 Å². The Bertz CT molecular complexity index is 555. The van der Waals surface area contributed by atoms with Crippen LogP contribution in [0.3, 0.4) is 0 Å². The molecule has 0 saturated carbocycles. The van der Waals surface area contributed by atoms with Crippen molar-refractivity contribution in [2.24, 2.45) is 0 Å². The van der Waals surface area contributed by atoms with Crippen LogP contribution in [0.2, 0.25) is 0 Å². The molecule has 0 aliphatic heterocycles. The van der Waals surface area contributed by atoms with Gasteiger partial charge in [0.1, 0.15) is 0 Å². The Kier molecular flexibility index (Phi) is 5.80. The van der Waals surface area contributed by atoms with Gasteiger partial charge in [-0.3, -0.25) is 4.79 Å². The molecule has 1 atom stereocenters. The molecule has 6 heteroatoms. The second-order valence-corrected chi connectivity index (χ2v) is 6.23. The van der Waals surface area contributed by atoms with Crippen LogP contribution in [0.25, 0.3) is 0 Å². The molecule has 116 valence electrons. The van der Waals surface area contributed by atoms with Gasteiger partial charge in [-0.25, -0.2) is 4.79 Å². The van der Waals surface area contributed by atoms with Crippen LogP contribution in [0.1, 0.15) is 38.8 Å². The highest BCUT2D eigenvalue weighted by molar-refractivity contribution is 7.98. The van der Waals surface area contributed by atoms with E-state index in [0.717, 1.165) is 0 Å². The molecule has 1 rings (SSSR count). The van der Waals surface area contributed by atoms with E-state index in [1.165, 1.54) is 11.8 Å². The van der Waals surface area contributed by atoms with E-state index in [4.69, 9.17) is 0 Å². The van der Waals surface area contributed by atoms with Crippen LogP contribution < -0.4 is 5.32 Å². The van der Waals surface area contributed by atoms with Gasteiger partial charge in [0.25, 0.3) is 5.91 Å². The first-order valence-corrected chi connectivity index (χ1v) is 7.92. The number of thioether (sulfide) groups is 1. The molecule has 1 aromatic rings. The third-order valence-corrected chi connectivity index (χ3v) is 4.06. The Morgan fingerprint density at radius 1 is 1.24 bits per heavy atom. The van der Waals surface area contributed by atoms with Crippen LogP contribution in [0.4, 0.5) is 0 Å². The average molecular weight is 311 g/mol. The highest BCUT2D eigenvalue weighted by Gasteiger charge is 2.24. The smallest absolute Gasteiger partial charge is 0.336 e. The number of nitrogens with one attached hydrogen (secondary N) is 1. The van der Waals surface area contributed by atoms with E-state index in [1.807, 2.05) is 6.26 Å². The highest BCUT2D eigenvalue weighted by Crippen LogP contribution is 2.19. The molecule has 0 aliphatic carbocycles. The predicted molar refractivity (Wildman–Crippen MR) is 84.2 cm³/mol. The standard InChI is InChI=1S/C15H21NO4S/c1-9-5-6-10(2)12(14(18)19)11(9)13(17)16-7-15(3,20)8-21-4/h5-6,20H,7-8H2,1-4H3,(H,16,17)(H,18,19). The number of aromatic carboxylic acids is 1. The van der Waals surface area contributed by atoms with Crippen molar-refractivity contribution in [2.75, 3.05) is 18.6 Å². The van der Waals surface area contributed by atoms with E-state index in [-0.39, 0.29) is 17.7 Å². The Morgan fingerprint density at radius 2 is 1.76 bits per heavy atom. The lowest BCUT2D eigenvalue weighted by Crippen LogP contribution is -2.43. The summed E-state index contributed by atoms with van der Waals surface area (Å²) >= 11 is 1.47. The van der Waals surface area contributed by atoms with E-state index >= 15 is 0 Å². The molecule has 0 radical (unpaired) electrons. The minimum Gasteiger partial charge on any atom is -0.478 e. The fourth-order valence-electron chi connectivity index (χ4n) is 2.10. The maximum Gasteiger partial charge on any atom is 0.336 e. The lowest BCUT2D eigenvalue weighted by Gasteiger charge is -2.23. The lowest BCUT2D eigenvalue weighted by atomic mass is 9.96. The van der Waals surface area contributed by atoms with Crippen molar-refractivity contribution in [2.45, 2.75) is 26.4 Å². The molecule has 0 bridgehead atoms. The number of carboxylic acid groups (broad SMARTS) is 1. The van der Waals surface area contributed by atoms with Gasteiger partial charge in [-0.2, -0.15) is 11.8 Å². The number of hydrogen-bond donors (Lipinski definition) is 3. The van der Waals surface area contributed by atoms with Crippen molar-refractivity contribution >= 4 is 23.6 Å². The van der Waals surface area contributed by atoms with Crippen LogP contribution >= 0.6 is 11.8 Å². The topological polar surface area (TPSA) is 86.6 Å². The summed E-state index contributed by atoms with van der Waals surface area (Å²) in [6.07, 6.45) is 1.86. The minimum absolute atomic E-state index is 0.0111. The van der Waals surface area contributed by atoms with Gasteiger partial charge >= 0.3 is 5.97 Å². The van der Waals surface area contributed by atoms with E-state index in [2.05, 4.69) is 5.32 Å². The van der Waals surface area contributed by atoms with Gasteiger partial charge in [-0.05, 0) is 38.2 Å². The first kappa shape index (κ1) is 17.5. The second kappa shape index (κ2) is 6.95. The van der Waals surface area contributed by atoms with Gasteiger partial charge in [-0.15, -0.1) is 0 Å². The number of carbonyl (C=O) groups excluding carboxylic acids is 1. The zero-order valence-corrected chi connectivity index (χ0v) is 13.5. The van der Waals surface area contributed by atoms with Crippen LogP contribution in [0.5, 0.6) is 0 Å². The zero-order chi connectivity index (χ0) is 16.2. The SMILES string of the molecule is CSCC(C)(O)CNC(=O)c1c(C)ccc(C)c1C(=O)O. The molecular weight excluding hydrogens is 290 g/mol. The van der Waals surface area contributed by atoms with Gasteiger partial charge in [0, 0.05) is 12.3 Å². The maximum atomic E-state index is 12.3. The van der Waals surface area contributed by atoms with E-state index in [1.54, 1.807) is 32.9 Å². The molecule has 0 heterocycles.